The number of anilines is 1. The quantitative estimate of drug-likeness (QED) is 0.657. The highest BCUT2D eigenvalue weighted by atomic mass is 19.4. The van der Waals surface area contributed by atoms with Gasteiger partial charge in [0, 0.05) is 12.5 Å². The number of carbonyl (C=O) groups excluding carboxylic acids is 1. The lowest BCUT2D eigenvalue weighted by Crippen LogP contribution is -2.32. The van der Waals surface area contributed by atoms with Crippen LogP contribution in [0.3, 0.4) is 0 Å². The molecule has 0 radical (unpaired) electrons. The Hall–Kier alpha value is -2.32. The second-order valence-corrected chi connectivity index (χ2v) is 5.90. The molecule has 0 unspecified atom stereocenters. The van der Waals surface area contributed by atoms with Crippen molar-refractivity contribution in [3.05, 3.63) is 33.9 Å². The summed E-state index contributed by atoms with van der Waals surface area (Å²) in [5.74, 6) is -0.429. The predicted octanol–water partition coefficient (Wildman–Crippen LogP) is 3.49. The molecule has 1 aromatic rings. The lowest BCUT2D eigenvalue weighted by Gasteiger charge is -2.18. The van der Waals surface area contributed by atoms with E-state index in [1.165, 1.54) is 0 Å². The molecule has 9 heteroatoms. The zero-order valence-electron chi connectivity index (χ0n) is 12.2. The molecule has 0 heterocycles. The zero-order chi connectivity index (χ0) is 17.1. The molecular weight excluding hydrogens is 303 g/mol. The molecule has 0 saturated carbocycles. The Labute approximate surface area is 124 Å². The van der Waals surface area contributed by atoms with Crippen LogP contribution < -0.4 is 10.9 Å². The van der Waals surface area contributed by atoms with E-state index in [1.54, 1.807) is 0 Å². The van der Waals surface area contributed by atoms with Crippen molar-refractivity contribution >= 4 is 17.3 Å². The van der Waals surface area contributed by atoms with Crippen LogP contribution in [0.1, 0.15) is 32.8 Å². The summed E-state index contributed by atoms with van der Waals surface area (Å²) in [6.07, 6.45) is -4.53. The average molecular weight is 319 g/mol. The molecule has 122 valence electrons. The number of carbonyl (C=O) groups is 1. The molecule has 0 aliphatic heterocycles. The van der Waals surface area contributed by atoms with Gasteiger partial charge in [0.2, 0.25) is 5.91 Å². The fraction of sp³-hybridized carbons (Fsp3) is 0.462. The number of benzene rings is 1. The van der Waals surface area contributed by atoms with Crippen LogP contribution in [0.5, 0.6) is 0 Å². The SMILES string of the molecule is CC(C)(C)CC(=O)NNc1ccc(C(F)(F)F)cc1[N+](=O)[O-]. The van der Waals surface area contributed by atoms with E-state index in [0.29, 0.717) is 12.1 Å². The van der Waals surface area contributed by atoms with Gasteiger partial charge in [-0.15, -0.1) is 0 Å². The topological polar surface area (TPSA) is 84.3 Å². The van der Waals surface area contributed by atoms with Crippen LogP contribution in [0.25, 0.3) is 0 Å². The number of nitrogens with one attached hydrogen (secondary N) is 2. The summed E-state index contributed by atoms with van der Waals surface area (Å²) in [6.45, 7) is 5.48. The second kappa shape index (κ2) is 6.20. The minimum atomic E-state index is -4.68. The van der Waals surface area contributed by atoms with Gasteiger partial charge in [-0.2, -0.15) is 13.2 Å². The first-order valence-electron chi connectivity index (χ1n) is 6.30. The van der Waals surface area contributed by atoms with Gasteiger partial charge < -0.3 is 0 Å². The van der Waals surface area contributed by atoms with Crippen LogP contribution in [-0.4, -0.2) is 10.8 Å². The molecule has 0 aromatic heterocycles. The van der Waals surface area contributed by atoms with Gasteiger partial charge in [0.1, 0.15) is 5.69 Å². The third-order valence-electron chi connectivity index (χ3n) is 2.55. The highest BCUT2D eigenvalue weighted by Crippen LogP contribution is 2.34. The molecule has 0 saturated heterocycles. The number of rotatable bonds is 4. The van der Waals surface area contributed by atoms with Crippen molar-refractivity contribution in [2.75, 3.05) is 5.43 Å². The fourth-order valence-electron chi connectivity index (χ4n) is 1.63. The number of nitrogens with zero attached hydrogens (tertiary/aromatic N) is 1. The highest BCUT2D eigenvalue weighted by Gasteiger charge is 2.33. The molecule has 0 aliphatic rings. The van der Waals surface area contributed by atoms with E-state index in [4.69, 9.17) is 0 Å². The van der Waals surface area contributed by atoms with E-state index in [0.717, 1.165) is 6.07 Å². The number of nitro benzene ring substituents is 1. The number of halogens is 3. The van der Waals surface area contributed by atoms with Crippen molar-refractivity contribution in [2.24, 2.45) is 5.41 Å². The molecule has 6 nitrogen and oxygen atoms in total. The Morgan fingerprint density at radius 1 is 1.27 bits per heavy atom. The lowest BCUT2D eigenvalue weighted by atomic mass is 9.92. The summed E-state index contributed by atoms with van der Waals surface area (Å²) in [5.41, 5.74) is 2.10. The van der Waals surface area contributed by atoms with E-state index in [1.807, 2.05) is 20.8 Å². The number of amides is 1. The normalized spacial score (nSPS) is 11.9. The number of nitro groups is 1. The average Bonchev–Trinajstić information content (AvgIpc) is 2.32. The van der Waals surface area contributed by atoms with Gasteiger partial charge in [0.15, 0.2) is 0 Å². The van der Waals surface area contributed by atoms with Crippen molar-refractivity contribution in [2.45, 2.75) is 33.4 Å². The Morgan fingerprint density at radius 3 is 2.32 bits per heavy atom. The van der Waals surface area contributed by atoms with Crippen LogP contribution in [0.4, 0.5) is 24.5 Å². The zero-order valence-corrected chi connectivity index (χ0v) is 12.2. The summed E-state index contributed by atoms with van der Waals surface area (Å²) in [5, 5.41) is 10.9. The van der Waals surface area contributed by atoms with Crippen molar-refractivity contribution in [1.82, 2.24) is 5.43 Å². The minimum absolute atomic E-state index is 0.147. The van der Waals surface area contributed by atoms with Gasteiger partial charge in [-0.3, -0.25) is 25.8 Å². The number of hydrogen-bond donors (Lipinski definition) is 2. The maximum absolute atomic E-state index is 12.6. The van der Waals surface area contributed by atoms with Crippen LogP contribution in [-0.2, 0) is 11.0 Å². The number of hydrazine groups is 1. The van der Waals surface area contributed by atoms with Crippen molar-refractivity contribution in [1.29, 1.82) is 0 Å². The first kappa shape index (κ1) is 17.7. The summed E-state index contributed by atoms with van der Waals surface area (Å²) >= 11 is 0. The number of alkyl halides is 3. The lowest BCUT2D eigenvalue weighted by molar-refractivity contribution is -0.384. The smallest absolute Gasteiger partial charge is 0.292 e. The molecule has 0 bridgehead atoms. The van der Waals surface area contributed by atoms with E-state index in [-0.39, 0.29) is 17.5 Å². The minimum Gasteiger partial charge on any atom is -0.292 e. The standard InChI is InChI=1S/C13H16F3N3O3/c1-12(2,3)7-11(20)18-17-9-5-4-8(13(14,15)16)6-10(9)19(21)22/h4-6,17H,7H2,1-3H3,(H,18,20). The number of hydrogen-bond acceptors (Lipinski definition) is 4. The third kappa shape index (κ3) is 5.23. The third-order valence-corrected chi connectivity index (χ3v) is 2.55. The first-order valence-corrected chi connectivity index (χ1v) is 6.30. The summed E-state index contributed by atoms with van der Waals surface area (Å²) < 4.78 is 37.7. The Morgan fingerprint density at radius 2 is 1.86 bits per heavy atom. The maximum Gasteiger partial charge on any atom is 0.416 e. The molecule has 0 spiro atoms. The summed E-state index contributed by atoms with van der Waals surface area (Å²) in [7, 11) is 0. The van der Waals surface area contributed by atoms with Crippen molar-refractivity contribution in [3.8, 4) is 0 Å². The van der Waals surface area contributed by atoms with Gasteiger partial charge in [-0.25, -0.2) is 0 Å². The molecule has 1 amide bonds. The Bertz CT molecular complexity index is 580. The maximum atomic E-state index is 12.6. The predicted molar refractivity (Wildman–Crippen MR) is 73.9 cm³/mol. The van der Waals surface area contributed by atoms with E-state index in [2.05, 4.69) is 10.9 Å². The van der Waals surface area contributed by atoms with Gasteiger partial charge in [0.25, 0.3) is 5.69 Å². The molecule has 1 aromatic carbocycles. The van der Waals surface area contributed by atoms with Crippen LogP contribution >= 0.6 is 0 Å². The molecule has 22 heavy (non-hydrogen) atoms. The van der Waals surface area contributed by atoms with E-state index < -0.39 is 28.3 Å². The van der Waals surface area contributed by atoms with Crippen LogP contribution in [0.2, 0.25) is 0 Å². The van der Waals surface area contributed by atoms with Crippen molar-refractivity contribution in [3.63, 3.8) is 0 Å². The summed E-state index contributed by atoms with van der Waals surface area (Å²) in [4.78, 5) is 21.5. The summed E-state index contributed by atoms with van der Waals surface area (Å²) in [6, 6.07) is 2.02. The van der Waals surface area contributed by atoms with Gasteiger partial charge >= 0.3 is 6.18 Å². The van der Waals surface area contributed by atoms with Crippen molar-refractivity contribution < 1.29 is 22.9 Å². The van der Waals surface area contributed by atoms with Gasteiger partial charge in [-0.1, -0.05) is 20.8 Å². The molecule has 0 fully saturated rings. The molecular formula is C13H16F3N3O3. The molecule has 2 N–H and O–H groups in total. The second-order valence-electron chi connectivity index (χ2n) is 5.90. The van der Waals surface area contributed by atoms with Gasteiger partial charge in [0.05, 0.1) is 10.5 Å². The highest BCUT2D eigenvalue weighted by molar-refractivity contribution is 5.79. The fourth-order valence-corrected chi connectivity index (χ4v) is 1.63. The largest absolute Gasteiger partial charge is 0.416 e. The van der Waals surface area contributed by atoms with E-state index in [9.17, 15) is 28.1 Å². The van der Waals surface area contributed by atoms with Crippen LogP contribution in [0.15, 0.2) is 18.2 Å². The van der Waals surface area contributed by atoms with Crippen LogP contribution in [0, 0.1) is 15.5 Å². The Kier molecular flexibility index (Phi) is 5.00. The molecule has 0 atom stereocenters. The first-order chi connectivity index (χ1) is 9.90. The molecule has 0 aliphatic carbocycles. The van der Waals surface area contributed by atoms with E-state index >= 15 is 0 Å². The monoisotopic (exact) mass is 319 g/mol. The molecule has 1 rings (SSSR count). The Balaban J connectivity index is 2.92. The van der Waals surface area contributed by atoms with Gasteiger partial charge in [-0.05, 0) is 17.5 Å².